The maximum absolute atomic E-state index is 13.5. The molecule has 4 nitrogen and oxygen atoms in total. The summed E-state index contributed by atoms with van der Waals surface area (Å²) in [4.78, 5) is 28.6. The fourth-order valence-electron chi connectivity index (χ4n) is 2.91. The summed E-state index contributed by atoms with van der Waals surface area (Å²) >= 11 is 0. The lowest BCUT2D eigenvalue weighted by atomic mass is 9.95. The van der Waals surface area contributed by atoms with Crippen LogP contribution >= 0.6 is 0 Å². The number of alkyl halides is 2. The van der Waals surface area contributed by atoms with Gasteiger partial charge in [-0.1, -0.05) is 25.1 Å². The van der Waals surface area contributed by atoms with Crippen LogP contribution in [0.5, 0.6) is 0 Å². The largest absolute Gasteiger partial charge is 0.342 e. The summed E-state index contributed by atoms with van der Waals surface area (Å²) in [6.45, 7) is 1.50. The molecule has 3 rings (SSSR count). The maximum atomic E-state index is 13.5. The first kappa shape index (κ1) is 15.6. The van der Waals surface area contributed by atoms with E-state index in [1.54, 1.807) is 12.1 Å². The SMILES string of the molecule is CC1CN(C(=O)Cc2cc3ccccc3[nH]c2=O)CCC1(F)F. The molecule has 1 aromatic heterocycles. The van der Waals surface area contributed by atoms with Gasteiger partial charge in [0, 0.05) is 36.5 Å². The molecule has 1 N–H and O–H groups in total. The second-order valence-corrected chi connectivity index (χ2v) is 6.14. The number of hydrogen-bond donors (Lipinski definition) is 1. The number of hydrogen-bond acceptors (Lipinski definition) is 2. The molecule has 0 bridgehead atoms. The number of H-pyrrole nitrogens is 1. The molecule has 1 atom stereocenters. The molecule has 1 saturated heterocycles. The molecule has 1 aliphatic rings. The Morgan fingerprint density at radius 2 is 2.13 bits per heavy atom. The van der Waals surface area contributed by atoms with Crippen LogP contribution < -0.4 is 5.56 Å². The highest BCUT2D eigenvalue weighted by atomic mass is 19.3. The van der Waals surface area contributed by atoms with Crippen molar-refractivity contribution in [1.82, 2.24) is 9.88 Å². The number of nitrogens with zero attached hydrogens (tertiary/aromatic N) is 1. The first-order chi connectivity index (χ1) is 10.9. The van der Waals surface area contributed by atoms with Crippen LogP contribution in [0.2, 0.25) is 0 Å². The Balaban J connectivity index is 1.78. The fourth-order valence-corrected chi connectivity index (χ4v) is 2.91. The number of carbonyl (C=O) groups is 1. The van der Waals surface area contributed by atoms with Crippen molar-refractivity contribution < 1.29 is 13.6 Å². The molecule has 2 heterocycles. The Morgan fingerprint density at radius 1 is 1.39 bits per heavy atom. The number of pyridine rings is 1. The second-order valence-electron chi connectivity index (χ2n) is 6.14. The van der Waals surface area contributed by atoms with Crippen molar-refractivity contribution in [3.63, 3.8) is 0 Å². The fraction of sp³-hybridized carbons (Fsp3) is 0.412. The zero-order valence-electron chi connectivity index (χ0n) is 12.8. The van der Waals surface area contributed by atoms with Gasteiger partial charge in [-0.15, -0.1) is 0 Å². The van der Waals surface area contributed by atoms with E-state index in [1.165, 1.54) is 11.8 Å². The van der Waals surface area contributed by atoms with Crippen LogP contribution in [-0.4, -0.2) is 34.8 Å². The number of halogens is 2. The van der Waals surface area contributed by atoms with Crippen molar-refractivity contribution >= 4 is 16.8 Å². The standard InChI is InChI=1S/C17H18F2N2O2/c1-11-10-21(7-6-17(11,18)19)15(22)9-13-8-12-4-2-3-5-14(12)20-16(13)23/h2-5,8,11H,6-7,9-10H2,1H3,(H,20,23). The van der Waals surface area contributed by atoms with Crippen molar-refractivity contribution in [3.05, 3.63) is 46.2 Å². The van der Waals surface area contributed by atoms with E-state index < -0.39 is 11.8 Å². The summed E-state index contributed by atoms with van der Waals surface area (Å²) in [6, 6.07) is 8.99. The minimum atomic E-state index is -2.72. The molecule has 1 amide bonds. The number of carbonyl (C=O) groups excluding carboxylic acids is 1. The lowest BCUT2D eigenvalue weighted by Gasteiger charge is -2.36. The number of rotatable bonds is 2. The third-order valence-corrected chi connectivity index (χ3v) is 4.46. The Morgan fingerprint density at radius 3 is 2.87 bits per heavy atom. The van der Waals surface area contributed by atoms with Gasteiger partial charge in [0.05, 0.1) is 6.42 Å². The van der Waals surface area contributed by atoms with Crippen LogP contribution in [-0.2, 0) is 11.2 Å². The van der Waals surface area contributed by atoms with Gasteiger partial charge in [0.2, 0.25) is 5.91 Å². The van der Waals surface area contributed by atoms with E-state index in [9.17, 15) is 18.4 Å². The number of aromatic nitrogens is 1. The lowest BCUT2D eigenvalue weighted by molar-refractivity contribution is -0.143. The monoisotopic (exact) mass is 320 g/mol. The summed E-state index contributed by atoms with van der Waals surface area (Å²) in [5.74, 6) is -3.87. The molecule has 0 aliphatic carbocycles. The van der Waals surface area contributed by atoms with Gasteiger partial charge in [0.15, 0.2) is 0 Å². The number of nitrogens with one attached hydrogen (secondary N) is 1. The minimum absolute atomic E-state index is 0.0251. The number of benzene rings is 1. The van der Waals surface area contributed by atoms with Crippen LogP contribution in [0, 0.1) is 5.92 Å². The quantitative estimate of drug-likeness (QED) is 0.924. The predicted octanol–water partition coefficient (Wildman–Crippen LogP) is 2.57. The molecule has 122 valence electrons. The summed E-state index contributed by atoms with van der Waals surface area (Å²) in [6.07, 6.45) is -0.396. The van der Waals surface area contributed by atoms with Gasteiger partial charge in [-0.05, 0) is 17.5 Å². The van der Waals surface area contributed by atoms with Crippen LogP contribution in [0.25, 0.3) is 10.9 Å². The van der Waals surface area contributed by atoms with Gasteiger partial charge in [0.1, 0.15) is 0 Å². The topological polar surface area (TPSA) is 53.2 Å². The Labute approximate surface area is 132 Å². The first-order valence-electron chi connectivity index (χ1n) is 7.63. The molecule has 2 aromatic rings. The summed E-state index contributed by atoms with van der Waals surface area (Å²) in [5.41, 5.74) is 0.756. The molecule has 6 heteroatoms. The number of fused-ring (bicyclic) bond motifs is 1. The van der Waals surface area contributed by atoms with Crippen LogP contribution in [0.15, 0.2) is 35.1 Å². The normalized spacial score (nSPS) is 20.7. The average molecular weight is 320 g/mol. The molecule has 0 radical (unpaired) electrons. The van der Waals surface area contributed by atoms with E-state index in [4.69, 9.17) is 0 Å². The smallest absolute Gasteiger partial charge is 0.254 e. The van der Waals surface area contributed by atoms with Crippen LogP contribution in [0.4, 0.5) is 8.78 Å². The second kappa shape index (κ2) is 5.76. The van der Waals surface area contributed by atoms with Crippen LogP contribution in [0.1, 0.15) is 18.9 Å². The van der Waals surface area contributed by atoms with Gasteiger partial charge < -0.3 is 9.88 Å². The van der Waals surface area contributed by atoms with Crippen molar-refractivity contribution in [3.8, 4) is 0 Å². The average Bonchev–Trinajstić information content (AvgIpc) is 2.50. The molecule has 1 unspecified atom stereocenters. The van der Waals surface area contributed by atoms with E-state index in [0.29, 0.717) is 11.1 Å². The van der Waals surface area contributed by atoms with Gasteiger partial charge in [0.25, 0.3) is 11.5 Å². The number of aromatic amines is 1. The van der Waals surface area contributed by atoms with Crippen molar-refractivity contribution in [2.45, 2.75) is 25.7 Å². The Hall–Kier alpha value is -2.24. The number of para-hydroxylation sites is 1. The van der Waals surface area contributed by atoms with Gasteiger partial charge >= 0.3 is 0 Å². The van der Waals surface area contributed by atoms with Crippen molar-refractivity contribution in [2.24, 2.45) is 5.92 Å². The molecule has 0 spiro atoms. The highest BCUT2D eigenvalue weighted by molar-refractivity contribution is 5.82. The maximum Gasteiger partial charge on any atom is 0.254 e. The summed E-state index contributed by atoms with van der Waals surface area (Å²) in [7, 11) is 0. The van der Waals surface area contributed by atoms with E-state index in [2.05, 4.69) is 4.98 Å². The molecule has 1 aliphatic heterocycles. The predicted molar refractivity (Wildman–Crippen MR) is 83.6 cm³/mol. The Kier molecular flexibility index (Phi) is 3.92. The van der Waals surface area contributed by atoms with E-state index >= 15 is 0 Å². The highest BCUT2D eigenvalue weighted by Crippen LogP contribution is 2.33. The Bertz CT molecular complexity index is 801. The molecule has 23 heavy (non-hydrogen) atoms. The van der Waals surface area contributed by atoms with Crippen LogP contribution in [0.3, 0.4) is 0 Å². The zero-order chi connectivity index (χ0) is 16.6. The zero-order valence-corrected chi connectivity index (χ0v) is 12.8. The molecule has 1 aromatic carbocycles. The molecule has 1 fully saturated rings. The number of piperidine rings is 1. The van der Waals surface area contributed by atoms with E-state index in [-0.39, 0.29) is 37.4 Å². The lowest BCUT2D eigenvalue weighted by Crippen LogP contribution is -2.48. The van der Waals surface area contributed by atoms with E-state index in [1.807, 2.05) is 18.2 Å². The molecule has 0 saturated carbocycles. The van der Waals surface area contributed by atoms with Gasteiger partial charge in [-0.25, -0.2) is 8.78 Å². The number of amides is 1. The highest BCUT2D eigenvalue weighted by Gasteiger charge is 2.42. The third kappa shape index (κ3) is 3.11. The minimum Gasteiger partial charge on any atom is -0.342 e. The molecular formula is C17H18F2N2O2. The summed E-state index contributed by atoms with van der Waals surface area (Å²) < 4.78 is 27.0. The van der Waals surface area contributed by atoms with E-state index in [0.717, 1.165) is 5.39 Å². The number of likely N-dealkylation sites (tertiary alicyclic amines) is 1. The van der Waals surface area contributed by atoms with Gasteiger partial charge in [-0.3, -0.25) is 9.59 Å². The van der Waals surface area contributed by atoms with Gasteiger partial charge in [-0.2, -0.15) is 0 Å². The molecular weight excluding hydrogens is 302 g/mol. The third-order valence-electron chi connectivity index (χ3n) is 4.46. The first-order valence-corrected chi connectivity index (χ1v) is 7.63. The van der Waals surface area contributed by atoms with Crippen molar-refractivity contribution in [2.75, 3.05) is 13.1 Å². The summed E-state index contributed by atoms with van der Waals surface area (Å²) in [5, 5.41) is 0.841. The van der Waals surface area contributed by atoms with Crippen molar-refractivity contribution in [1.29, 1.82) is 0 Å².